The van der Waals surface area contributed by atoms with Gasteiger partial charge in [-0.05, 0) is 31.0 Å². The number of rotatable bonds is 2. The lowest BCUT2D eigenvalue weighted by atomic mass is 10.1. The minimum Gasteiger partial charge on any atom is -0.326 e. The lowest BCUT2D eigenvalue weighted by molar-refractivity contribution is -0.119. The first-order chi connectivity index (χ1) is 8.33. The molecular formula is C12H12N4O. The number of anilines is 1. The normalized spacial score (nSPS) is 15.5. The Labute approximate surface area is 97.9 Å². The maximum absolute atomic E-state index is 11.9. The minimum absolute atomic E-state index is 0.0674. The smallest absolute Gasteiger partial charge is 0.228 e. The Morgan fingerprint density at radius 3 is 2.82 bits per heavy atom. The number of benzene rings is 1. The number of carbonyl (C=O) groups is 1. The molecule has 0 spiro atoms. The van der Waals surface area contributed by atoms with Crippen molar-refractivity contribution in [2.24, 2.45) is 5.92 Å². The van der Waals surface area contributed by atoms with Crippen LogP contribution in [0.25, 0.3) is 11.0 Å². The van der Waals surface area contributed by atoms with Crippen molar-refractivity contribution in [3.8, 4) is 0 Å². The number of aromatic amines is 1. The number of fused-ring (bicyclic) bond motifs is 1. The number of nitrogens with one attached hydrogen (secondary N) is 2. The molecule has 3 rings (SSSR count). The van der Waals surface area contributed by atoms with Gasteiger partial charge < -0.3 is 5.32 Å². The predicted molar refractivity (Wildman–Crippen MR) is 64.4 cm³/mol. The fourth-order valence-corrected chi connectivity index (χ4v) is 1.99. The molecule has 1 heterocycles. The summed E-state index contributed by atoms with van der Waals surface area (Å²) in [5.74, 6) is 0.140. The van der Waals surface area contributed by atoms with Gasteiger partial charge in [-0.3, -0.25) is 4.79 Å². The molecule has 0 aliphatic heterocycles. The van der Waals surface area contributed by atoms with E-state index in [1.165, 1.54) is 0 Å². The van der Waals surface area contributed by atoms with Crippen molar-refractivity contribution in [2.45, 2.75) is 12.8 Å². The first-order valence-corrected chi connectivity index (χ1v) is 5.59. The van der Waals surface area contributed by atoms with Gasteiger partial charge >= 0.3 is 0 Å². The second-order valence-electron chi connectivity index (χ2n) is 4.16. The first kappa shape index (κ1) is 10.0. The summed E-state index contributed by atoms with van der Waals surface area (Å²) in [5, 5.41) is 13.4. The Balaban J connectivity index is 1.77. The van der Waals surface area contributed by atoms with Crippen LogP contribution in [0.5, 0.6) is 0 Å². The van der Waals surface area contributed by atoms with Gasteiger partial charge in [0.05, 0.1) is 0 Å². The van der Waals surface area contributed by atoms with Gasteiger partial charge in [0.1, 0.15) is 11.0 Å². The monoisotopic (exact) mass is 228 g/mol. The van der Waals surface area contributed by atoms with E-state index in [1.807, 2.05) is 30.4 Å². The van der Waals surface area contributed by atoms with Gasteiger partial charge in [-0.25, -0.2) is 0 Å². The van der Waals surface area contributed by atoms with Gasteiger partial charge in [-0.2, -0.15) is 15.4 Å². The highest BCUT2D eigenvalue weighted by Crippen LogP contribution is 2.21. The predicted octanol–water partition coefficient (Wildman–Crippen LogP) is 1.86. The van der Waals surface area contributed by atoms with Crippen LogP contribution in [0.1, 0.15) is 12.8 Å². The van der Waals surface area contributed by atoms with Crippen molar-refractivity contribution in [1.29, 1.82) is 0 Å². The van der Waals surface area contributed by atoms with Crippen molar-refractivity contribution >= 4 is 22.6 Å². The van der Waals surface area contributed by atoms with E-state index in [4.69, 9.17) is 0 Å². The molecular weight excluding hydrogens is 216 g/mol. The maximum Gasteiger partial charge on any atom is 0.228 e. The van der Waals surface area contributed by atoms with Crippen LogP contribution in [0.15, 0.2) is 30.4 Å². The van der Waals surface area contributed by atoms with E-state index in [2.05, 4.69) is 20.7 Å². The van der Waals surface area contributed by atoms with Gasteiger partial charge in [-0.15, -0.1) is 0 Å². The molecule has 0 fully saturated rings. The van der Waals surface area contributed by atoms with Crippen LogP contribution in [0.2, 0.25) is 0 Å². The number of nitrogens with zero attached hydrogens (tertiary/aromatic N) is 2. The fourth-order valence-electron chi connectivity index (χ4n) is 1.99. The van der Waals surface area contributed by atoms with E-state index in [9.17, 15) is 4.79 Å². The topological polar surface area (TPSA) is 70.7 Å². The average molecular weight is 228 g/mol. The van der Waals surface area contributed by atoms with E-state index in [0.717, 1.165) is 29.6 Å². The molecule has 0 atom stereocenters. The van der Waals surface area contributed by atoms with Crippen LogP contribution in [-0.2, 0) is 4.79 Å². The molecule has 1 aromatic heterocycles. The molecule has 1 amide bonds. The first-order valence-electron chi connectivity index (χ1n) is 5.59. The molecule has 2 N–H and O–H groups in total. The summed E-state index contributed by atoms with van der Waals surface area (Å²) in [5.41, 5.74) is 2.32. The lowest BCUT2D eigenvalue weighted by Gasteiger charge is -2.09. The second-order valence-corrected chi connectivity index (χ2v) is 4.16. The second kappa shape index (κ2) is 4.01. The zero-order valence-corrected chi connectivity index (χ0v) is 9.18. The summed E-state index contributed by atoms with van der Waals surface area (Å²) >= 11 is 0. The molecule has 0 saturated heterocycles. The zero-order valence-electron chi connectivity index (χ0n) is 9.18. The summed E-state index contributed by atoms with van der Waals surface area (Å²) < 4.78 is 0. The highest BCUT2D eigenvalue weighted by atomic mass is 16.1. The SMILES string of the molecule is O=C(Nc1ccc2n[nH]nc2c1)C1CC=CC1. The Hall–Kier alpha value is -2.17. The molecule has 5 heteroatoms. The number of H-pyrrole nitrogens is 1. The molecule has 86 valence electrons. The molecule has 0 unspecified atom stereocenters. The summed E-state index contributed by atoms with van der Waals surface area (Å²) in [6.07, 6.45) is 5.76. The van der Waals surface area contributed by atoms with E-state index in [1.54, 1.807) is 0 Å². The number of hydrogen-bond acceptors (Lipinski definition) is 3. The van der Waals surface area contributed by atoms with Crippen molar-refractivity contribution in [1.82, 2.24) is 15.4 Å². The van der Waals surface area contributed by atoms with E-state index >= 15 is 0 Å². The third-order valence-electron chi connectivity index (χ3n) is 2.96. The van der Waals surface area contributed by atoms with Crippen molar-refractivity contribution < 1.29 is 4.79 Å². The molecule has 1 aromatic carbocycles. The standard InChI is InChI=1S/C12H12N4O/c17-12(8-3-1-2-4-8)13-9-5-6-10-11(7-9)15-16-14-10/h1-2,5-8H,3-4H2,(H,13,17)(H,14,15,16). The average Bonchev–Trinajstić information content (AvgIpc) is 2.99. The highest BCUT2D eigenvalue weighted by molar-refractivity contribution is 5.94. The third-order valence-corrected chi connectivity index (χ3v) is 2.96. The molecule has 1 aliphatic carbocycles. The number of carbonyl (C=O) groups excluding carboxylic acids is 1. The van der Waals surface area contributed by atoms with Crippen LogP contribution < -0.4 is 5.32 Å². The minimum atomic E-state index is 0.0674. The number of amides is 1. The Morgan fingerprint density at radius 1 is 1.24 bits per heavy atom. The summed E-state index contributed by atoms with van der Waals surface area (Å²) in [6, 6.07) is 5.49. The molecule has 5 nitrogen and oxygen atoms in total. The van der Waals surface area contributed by atoms with Crippen LogP contribution in [0.3, 0.4) is 0 Å². The molecule has 1 aliphatic rings. The van der Waals surface area contributed by atoms with Crippen LogP contribution in [0, 0.1) is 5.92 Å². The van der Waals surface area contributed by atoms with Crippen molar-refractivity contribution in [2.75, 3.05) is 5.32 Å². The summed E-state index contributed by atoms with van der Waals surface area (Å²) in [6.45, 7) is 0. The van der Waals surface area contributed by atoms with Crippen molar-refractivity contribution in [3.05, 3.63) is 30.4 Å². The van der Waals surface area contributed by atoms with Crippen LogP contribution in [-0.4, -0.2) is 21.3 Å². The van der Waals surface area contributed by atoms with Crippen LogP contribution >= 0.6 is 0 Å². The Kier molecular flexibility index (Phi) is 2.36. The van der Waals surface area contributed by atoms with Gasteiger partial charge in [0.15, 0.2) is 0 Å². The largest absolute Gasteiger partial charge is 0.326 e. The Bertz CT molecular complexity index is 579. The van der Waals surface area contributed by atoms with Gasteiger partial charge in [0.25, 0.3) is 0 Å². The fraction of sp³-hybridized carbons (Fsp3) is 0.250. The molecule has 17 heavy (non-hydrogen) atoms. The number of allylic oxidation sites excluding steroid dienone is 2. The van der Waals surface area contributed by atoms with E-state index in [-0.39, 0.29) is 11.8 Å². The molecule has 2 aromatic rings. The zero-order chi connectivity index (χ0) is 11.7. The van der Waals surface area contributed by atoms with Gasteiger partial charge in [0.2, 0.25) is 5.91 Å². The van der Waals surface area contributed by atoms with E-state index in [0.29, 0.717) is 0 Å². The molecule has 0 bridgehead atoms. The third kappa shape index (κ3) is 1.91. The van der Waals surface area contributed by atoms with Crippen molar-refractivity contribution in [3.63, 3.8) is 0 Å². The number of hydrogen-bond donors (Lipinski definition) is 2. The molecule has 0 radical (unpaired) electrons. The summed E-state index contributed by atoms with van der Waals surface area (Å²) in [7, 11) is 0. The maximum atomic E-state index is 11.9. The van der Waals surface area contributed by atoms with Gasteiger partial charge in [-0.1, -0.05) is 12.2 Å². The summed E-state index contributed by atoms with van der Waals surface area (Å²) in [4.78, 5) is 11.9. The lowest BCUT2D eigenvalue weighted by Crippen LogP contribution is -2.20. The number of aromatic nitrogens is 3. The van der Waals surface area contributed by atoms with E-state index < -0.39 is 0 Å². The quantitative estimate of drug-likeness (QED) is 0.771. The van der Waals surface area contributed by atoms with Crippen LogP contribution in [0.4, 0.5) is 5.69 Å². The van der Waals surface area contributed by atoms with Gasteiger partial charge in [0, 0.05) is 11.6 Å². The molecule has 0 saturated carbocycles. The highest BCUT2D eigenvalue weighted by Gasteiger charge is 2.19. The Morgan fingerprint density at radius 2 is 2.00 bits per heavy atom.